The number of carbonyl (C=O) groups is 2. The molecule has 49 heavy (non-hydrogen) atoms. The fraction of sp³-hybridized carbons (Fsp3) is 0.767. The summed E-state index contributed by atoms with van der Waals surface area (Å²) in [5, 5.41) is 19.2. The van der Waals surface area contributed by atoms with Gasteiger partial charge in [-0.1, -0.05) is 152 Å². The van der Waals surface area contributed by atoms with Gasteiger partial charge in [0.1, 0.15) is 19.3 Å². The summed E-state index contributed by atoms with van der Waals surface area (Å²) in [7, 11) is 0. The maximum atomic E-state index is 12.0. The number of hydrogen-bond donors (Lipinski definition) is 2. The van der Waals surface area contributed by atoms with E-state index in [0.29, 0.717) is 19.3 Å². The van der Waals surface area contributed by atoms with E-state index in [4.69, 9.17) is 9.47 Å². The van der Waals surface area contributed by atoms with Crippen LogP contribution in [0.25, 0.3) is 0 Å². The number of allylic oxidation sites excluding steroid dienone is 8. The quantitative estimate of drug-likeness (QED) is 0.0391. The molecule has 6 nitrogen and oxygen atoms in total. The molecule has 0 saturated carbocycles. The lowest BCUT2D eigenvalue weighted by Crippen LogP contribution is -2.25. The highest BCUT2D eigenvalue weighted by Gasteiger charge is 2.12. The van der Waals surface area contributed by atoms with Crippen molar-refractivity contribution in [2.75, 3.05) is 13.2 Å². The molecule has 0 rings (SSSR count). The number of aliphatic hydroxyl groups excluding tert-OH is 2. The highest BCUT2D eigenvalue weighted by Crippen LogP contribution is 2.15. The van der Waals surface area contributed by atoms with Gasteiger partial charge in [-0.05, 0) is 70.6 Å². The average molecular weight is 689 g/mol. The Kier molecular flexibility index (Phi) is 35.4. The molecule has 0 radical (unpaired) electrons. The van der Waals surface area contributed by atoms with Crippen molar-refractivity contribution < 1.29 is 29.3 Å². The van der Waals surface area contributed by atoms with Crippen LogP contribution in [-0.2, 0) is 19.1 Å². The summed E-state index contributed by atoms with van der Waals surface area (Å²) in [6, 6.07) is 0. The van der Waals surface area contributed by atoms with Crippen LogP contribution in [0.1, 0.15) is 181 Å². The Hall–Kier alpha value is -2.18. The van der Waals surface area contributed by atoms with Crippen LogP contribution >= 0.6 is 0 Å². The van der Waals surface area contributed by atoms with Crippen molar-refractivity contribution in [3.63, 3.8) is 0 Å². The van der Waals surface area contributed by atoms with Gasteiger partial charge in [0.15, 0.2) is 0 Å². The molecule has 2 atom stereocenters. The molecule has 0 aromatic heterocycles. The van der Waals surface area contributed by atoms with E-state index in [-0.39, 0.29) is 31.3 Å². The Morgan fingerprint density at radius 1 is 0.469 bits per heavy atom. The van der Waals surface area contributed by atoms with Crippen LogP contribution < -0.4 is 0 Å². The minimum Gasteiger partial charge on any atom is -0.463 e. The number of aliphatic hydroxyl groups is 2. The minimum atomic E-state index is -0.994. The smallest absolute Gasteiger partial charge is 0.305 e. The number of rotatable bonds is 35. The van der Waals surface area contributed by atoms with E-state index in [0.717, 1.165) is 70.1 Å². The summed E-state index contributed by atoms with van der Waals surface area (Å²) < 4.78 is 10.3. The predicted molar refractivity (Wildman–Crippen MR) is 206 cm³/mol. The van der Waals surface area contributed by atoms with Gasteiger partial charge in [0, 0.05) is 12.8 Å². The Labute approximate surface area is 301 Å². The second-order valence-electron chi connectivity index (χ2n) is 14.2. The van der Waals surface area contributed by atoms with Gasteiger partial charge in [-0.3, -0.25) is 9.59 Å². The number of ether oxygens (including phenoxy) is 2. The number of unbranched alkanes of at least 4 members (excludes halogenated alkanes) is 15. The molecule has 0 aromatic rings. The molecule has 0 fully saturated rings. The molecule has 0 aliphatic heterocycles. The standard InChI is InChI=1S/C43H76O6/c1-39(2)33-29-25-21-17-13-9-7-8-12-16-20-24-28-32-36-43(47)49-38-41(45)37-48-42(46)35-31-27-23-19-15-11-6-4-5-10-14-18-22-26-30-34-40(3)44/h5-6,10-11,18-19,22-23,39-41,44-45H,4,7-9,12-17,20-21,24-38H2,1-3H3/b10-5-,11-6-,22-18-,23-19-/t40-,41+/m1/s1. The van der Waals surface area contributed by atoms with Crippen LogP contribution in [0.2, 0.25) is 0 Å². The zero-order chi connectivity index (χ0) is 36.0. The Morgan fingerprint density at radius 2 is 0.837 bits per heavy atom. The molecule has 0 aromatic carbocycles. The van der Waals surface area contributed by atoms with E-state index in [1.807, 2.05) is 6.92 Å². The molecule has 0 bridgehead atoms. The van der Waals surface area contributed by atoms with Crippen LogP contribution in [0.5, 0.6) is 0 Å². The molecule has 284 valence electrons. The molecule has 0 aliphatic rings. The molecular weight excluding hydrogens is 612 g/mol. The van der Waals surface area contributed by atoms with Gasteiger partial charge in [0.25, 0.3) is 0 Å². The molecule has 0 heterocycles. The van der Waals surface area contributed by atoms with Crippen molar-refractivity contribution in [1.82, 2.24) is 0 Å². The summed E-state index contributed by atoms with van der Waals surface area (Å²) in [5.41, 5.74) is 0. The van der Waals surface area contributed by atoms with E-state index < -0.39 is 6.10 Å². The summed E-state index contributed by atoms with van der Waals surface area (Å²) in [6.07, 6.45) is 43.0. The second-order valence-corrected chi connectivity index (χ2v) is 14.2. The monoisotopic (exact) mass is 689 g/mol. The summed E-state index contributed by atoms with van der Waals surface area (Å²) >= 11 is 0. The first-order valence-corrected chi connectivity index (χ1v) is 20.1. The zero-order valence-corrected chi connectivity index (χ0v) is 32.0. The lowest BCUT2D eigenvalue weighted by Gasteiger charge is -2.12. The van der Waals surface area contributed by atoms with Crippen LogP contribution in [-0.4, -0.2) is 47.6 Å². The SMILES string of the molecule is CC(C)CCCCCCCCCCCCCCCCC(=O)OC[C@@H](O)COC(=O)CCC/C=C\C/C=C\C/C=C\C/C=C\CCC[C@@H](C)O. The van der Waals surface area contributed by atoms with Crippen molar-refractivity contribution in [2.45, 2.75) is 193 Å². The Bertz CT molecular complexity index is 856. The van der Waals surface area contributed by atoms with Gasteiger partial charge in [0.2, 0.25) is 0 Å². The third-order valence-electron chi connectivity index (χ3n) is 8.51. The zero-order valence-electron chi connectivity index (χ0n) is 32.0. The van der Waals surface area contributed by atoms with E-state index in [1.54, 1.807) is 0 Å². The second kappa shape index (κ2) is 37.1. The van der Waals surface area contributed by atoms with E-state index in [1.165, 1.54) is 77.0 Å². The Balaban J connectivity index is 3.53. The first kappa shape index (κ1) is 46.8. The fourth-order valence-corrected chi connectivity index (χ4v) is 5.46. The van der Waals surface area contributed by atoms with Crippen LogP contribution in [0, 0.1) is 5.92 Å². The largest absolute Gasteiger partial charge is 0.463 e. The molecule has 0 amide bonds. The van der Waals surface area contributed by atoms with Gasteiger partial charge < -0.3 is 19.7 Å². The van der Waals surface area contributed by atoms with Gasteiger partial charge in [-0.2, -0.15) is 0 Å². The Morgan fingerprint density at radius 3 is 1.27 bits per heavy atom. The molecule has 2 N–H and O–H groups in total. The molecular formula is C43H76O6. The highest BCUT2D eigenvalue weighted by molar-refractivity contribution is 5.69. The third kappa shape index (κ3) is 40.1. The summed E-state index contributed by atoms with van der Waals surface area (Å²) in [4.78, 5) is 23.9. The first-order chi connectivity index (χ1) is 23.8. The van der Waals surface area contributed by atoms with E-state index in [9.17, 15) is 19.8 Å². The topological polar surface area (TPSA) is 93.1 Å². The molecule has 6 heteroatoms. The predicted octanol–water partition coefficient (Wildman–Crippen LogP) is 11.4. The van der Waals surface area contributed by atoms with Crippen molar-refractivity contribution in [1.29, 1.82) is 0 Å². The van der Waals surface area contributed by atoms with Gasteiger partial charge in [0.05, 0.1) is 6.10 Å². The normalized spacial score (nSPS) is 13.4. The van der Waals surface area contributed by atoms with Crippen LogP contribution in [0.3, 0.4) is 0 Å². The van der Waals surface area contributed by atoms with E-state index >= 15 is 0 Å². The van der Waals surface area contributed by atoms with Crippen molar-refractivity contribution in [2.24, 2.45) is 5.92 Å². The molecule has 0 aliphatic carbocycles. The minimum absolute atomic E-state index is 0.140. The lowest BCUT2D eigenvalue weighted by atomic mass is 10.0. The molecule has 0 spiro atoms. The fourth-order valence-electron chi connectivity index (χ4n) is 5.46. The maximum absolute atomic E-state index is 12.0. The van der Waals surface area contributed by atoms with Gasteiger partial charge >= 0.3 is 11.9 Å². The van der Waals surface area contributed by atoms with Gasteiger partial charge in [-0.15, -0.1) is 0 Å². The van der Waals surface area contributed by atoms with Crippen LogP contribution in [0.4, 0.5) is 0 Å². The van der Waals surface area contributed by atoms with Crippen molar-refractivity contribution >= 4 is 11.9 Å². The van der Waals surface area contributed by atoms with Crippen molar-refractivity contribution in [3.05, 3.63) is 48.6 Å². The van der Waals surface area contributed by atoms with Gasteiger partial charge in [-0.25, -0.2) is 0 Å². The summed E-state index contributed by atoms with van der Waals surface area (Å²) in [5.74, 6) is 0.203. The molecule has 0 saturated heterocycles. The van der Waals surface area contributed by atoms with Crippen molar-refractivity contribution in [3.8, 4) is 0 Å². The lowest BCUT2D eigenvalue weighted by molar-refractivity contribution is -0.152. The molecule has 0 unspecified atom stereocenters. The van der Waals surface area contributed by atoms with Crippen LogP contribution in [0.15, 0.2) is 48.6 Å². The third-order valence-corrected chi connectivity index (χ3v) is 8.51. The maximum Gasteiger partial charge on any atom is 0.305 e. The number of hydrogen-bond acceptors (Lipinski definition) is 6. The summed E-state index contributed by atoms with van der Waals surface area (Å²) in [6.45, 7) is 6.16. The first-order valence-electron chi connectivity index (χ1n) is 20.1. The number of carbonyl (C=O) groups excluding carboxylic acids is 2. The highest BCUT2D eigenvalue weighted by atomic mass is 16.6. The van der Waals surface area contributed by atoms with E-state index in [2.05, 4.69) is 62.5 Å². The average Bonchev–Trinajstić information content (AvgIpc) is 3.07. The number of esters is 2.